The van der Waals surface area contributed by atoms with Gasteiger partial charge in [0.2, 0.25) is 0 Å². The molecule has 2 nitrogen and oxygen atoms in total. The fourth-order valence-corrected chi connectivity index (χ4v) is 3.11. The van der Waals surface area contributed by atoms with Gasteiger partial charge in [-0.2, -0.15) is 0 Å². The first-order valence-electron chi connectivity index (χ1n) is 7.77. The average molecular weight is 275 g/mol. The Balaban J connectivity index is 2.01. The lowest BCUT2D eigenvalue weighted by molar-refractivity contribution is 0.0654. The fraction of sp³-hybridized carbons (Fsp3) is 0.667. The van der Waals surface area contributed by atoms with E-state index in [1.54, 1.807) is 0 Å². The van der Waals surface area contributed by atoms with Crippen molar-refractivity contribution in [2.24, 2.45) is 11.3 Å². The molecule has 112 valence electrons. The van der Waals surface area contributed by atoms with Crippen molar-refractivity contribution in [3.05, 3.63) is 35.4 Å². The van der Waals surface area contributed by atoms with E-state index in [1.165, 1.54) is 12.0 Å². The molecular weight excluding hydrogens is 246 g/mol. The molecule has 2 rings (SSSR count). The second kappa shape index (κ2) is 5.87. The first-order valence-corrected chi connectivity index (χ1v) is 7.77. The molecule has 1 saturated heterocycles. The summed E-state index contributed by atoms with van der Waals surface area (Å²) in [5, 5.41) is 10.6. The predicted molar refractivity (Wildman–Crippen MR) is 84.7 cm³/mol. The van der Waals surface area contributed by atoms with Gasteiger partial charge in [0.15, 0.2) is 0 Å². The summed E-state index contributed by atoms with van der Waals surface area (Å²) < 4.78 is 0. The van der Waals surface area contributed by atoms with Crippen LogP contribution >= 0.6 is 0 Å². The van der Waals surface area contributed by atoms with Crippen molar-refractivity contribution in [3.63, 3.8) is 0 Å². The summed E-state index contributed by atoms with van der Waals surface area (Å²) in [5.74, 6) is 0.732. The van der Waals surface area contributed by atoms with E-state index in [2.05, 4.69) is 51.7 Å². The van der Waals surface area contributed by atoms with Crippen molar-refractivity contribution >= 4 is 0 Å². The minimum Gasteiger partial charge on any atom is -0.387 e. The highest BCUT2D eigenvalue weighted by molar-refractivity contribution is 5.24. The van der Waals surface area contributed by atoms with Gasteiger partial charge in [-0.3, -0.25) is 4.90 Å². The van der Waals surface area contributed by atoms with Crippen molar-refractivity contribution in [1.82, 2.24) is 4.90 Å². The Labute approximate surface area is 123 Å². The highest BCUT2D eigenvalue weighted by atomic mass is 16.3. The van der Waals surface area contributed by atoms with Crippen molar-refractivity contribution in [1.29, 1.82) is 0 Å². The Kier molecular flexibility index (Phi) is 4.55. The largest absolute Gasteiger partial charge is 0.387 e. The maximum absolute atomic E-state index is 10.6. The maximum Gasteiger partial charge on any atom is 0.0942 e. The Morgan fingerprint density at radius 2 is 1.80 bits per heavy atom. The Bertz CT molecular complexity index is 432. The summed E-state index contributed by atoms with van der Waals surface area (Å²) in [6.45, 7) is 13.4. The molecule has 0 saturated carbocycles. The molecule has 3 atom stereocenters. The fourth-order valence-electron chi connectivity index (χ4n) is 3.11. The average Bonchev–Trinajstić information content (AvgIpc) is 2.87. The summed E-state index contributed by atoms with van der Waals surface area (Å²) in [7, 11) is 0. The number of hydrogen-bond acceptors (Lipinski definition) is 2. The second-order valence-corrected chi connectivity index (χ2v) is 7.44. The van der Waals surface area contributed by atoms with Gasteiger partial charge in [-0.15, -0.1) is 0 Å². The van der Waals surface area contributed by atoms with Crippen LogP contribution in [0.2, 0.25) is 0 Å². The molecule has 1 aliphatic rings. The summed E-state index contributed by atoms with van der Waals surface area (Å²) in [6.07, 6.45) is 0.850. The Morgan fingerprint density at radius 3 is 2.30 bits per heavy atom. The van der Waals surface area contributed by atoms with Crippen LogP contribution in [-0.2, 0) is 0 Å². The van der Waals surface area contributed by atoms with Crippen LogP contribution in [0.4, 0.5) is 0 Å². The Hall–Kier alpha value is -0.860. The summed E-state index contributed by atoms with van der Waals surface area (Å²) in [4.78, 5) is 2.44. The van der Waals surface area contributed by atoms with Gasteiger partial charge in [0.25, 0.3) is 0 Å². The first kappa shape index (κ1) is 15.5. The predicted octanol–water partition coefficient (Wildman–Crippen LogP) is 3.78. The van der Waals surface area contributed by atoms with Gasteiger partial charge in [-0.05, 0) is 43.7 Å². The molecule has 0 aromatic heterocycles. The van der Waals surface area contributed by atoms with Gasteiger partial charge >= 0.3 is 0 Å². The lowest BCUT2D eigenvalue weighted by Gasteiger charge is -2.31. The van der Waals surface area contributed by atoms with Crippen LogP contribution in [0.1, 0.15) is 51.3 Å². The van der Waals surface area contributed by atoms with Crippen molar-refractivity contribution in [3.8, 4) is 0 Å². The molecule has 0 spiro atoms. The first-order chi connectivity index (χ1) is 9.29. The number of aliphatic hydroxyl groups excluding tert-OH is 1. The van der Waals surface area contributed by atoms with E-state index in [4.69, 9.17) is 0 Å². The number of benzene rings is 1. The highest BCUT2D eigenvalue weighted by Crippen LogP contribution is 2.35. The van der Waals surface area contributed by atoms with E-state index in [0.717, 1.165) is 24.6 Å². The van der Waals surface area contributed by atoms with Crippen LogP contribution in [0, 0.1) is 18.3 Å². The van der Waals surface area contributed by atoms with E-state index < -0.39 is 6.10 Å². The molecule has 0 radical (unpaired) electrons. The van der Waals surface area contributed by atoms with Crippen LogP contribution < -0.4 is 0 Å². The molecule has 0 amide bonds. The van der Waals surface area contributed by atoms with Crippen molar-refractivity contribution in [2.75, 3.05) is 13.1 Å². The molecule has 1 N–H and O–H groups in total. The SMILES string of the molecule is Cc1ccc(C(O)C(C)N2CCC(C(C)(C)C)C2)cc1. The number of rotatable bonds is 3. The lowest BCUT2D eigenvalue weighted by atomic mass is 9.80. The minimum absolute atomic E-state index is 0.185. The van der Waals surface area contributed by atoms with Gasteiger partial charge in [0.1, 0.15) is 0 Å². The molecule has 1 fully saturated rings. The number of nitrogens with zero attached hydrogens (tertiary/aromatic N) is 1. The molecular formula is C18H29NO. The lowest BCUT2D eigenvalue weighted by Crippen LogP contribution is -2.37. The molecule has 1 aliphatic heterocycles. The zero-order valence-corrected chi connectivity index (χ0v) is 13.6. The second-order valence-electron chi connectivity index (χ2n) is 7.44. The van der Waals surface area contributed by atoms with E-state index in [1.807, 2.05) is 12.1 Å². The molecule has 1 heterocycles. The van der Waals surface area contributed by atoms with Crippen molar-refractivity contribution < 1.29 is 5.11 Å². The topological polar surface area (TPSA) is 23.5 Å². The number of aliphatic hydroxyl groups is 1. The van der Waals surface area contributed by atoms with Crippen LogP contribution in [0.3, 0.4) is 0 Å². The molecule has 3 unspecified atom stereocenters. The van der Waals surface area contributed by atoms with Gasteiger partial charge in [0.05, 0.1) is 6.10 Å². The van der Waals surface area contributed by atoms with Crippen LogP contribution in [0.15, 0.2) is 24.3 Å². The van der Waals surface area contributed by atoms with E-state index in [9.17, 15) is 5.11 Å². The van der Waals surface area contributed by atoms with Crippen LogP contribution in [0.25, 0.3) is 0 Å². The van der Waals surface area contributed by atoms with Gasteiger partial charge < -0.3 is 5.11 Å². The summed E-state index contributed by atoms with van der Waals surface area (Å²) in [6, 6.07) is 8.44. The number of hydrogen-bond donors (Lipinski definition) is 1. The zero-order valence-electron chi connectivity index (χ0n) is 13.6. The van der Waals surface area contributed by atoms with Crippen LogP contribution in [0.5, 0.6) is 0 Å². The van der Waals surface area contributed by atoms with Gasteiger partial charge in [-0.25, -0.2) is 0 Å². The quantitative estimate of drug-likeness (QED) is 0.907. The van der Waals surface area contributed by atoms with Crippen molar-refractivity contribution in [2.45, 2.75) is 53.2 Å². The molecule has 0 bridgehead atoms. The van der Waals surface area contributed by atoms with Gasteiger partial charge in [0, 0.05) is 12.6 Å². The summed E-state index contributed by atoms with van der Waals surface area (Å²) >= 11 is 0. The monoisotopic (exact) mass is 275 g/mol. The maximum atomic E-state index is 10.6. The molecule has 2 heteroatoms. The normalized spacial score (nSPS) is 23.8. The Morgan fingerprint density at radius 1 is 1.20 bits per heavy atom. The third-order valence-corrected chi connectivity index (χ3v) is 4.90. The molecule has 1 aromatic carbocycles. The molecule has 0 aliphatic carbocycles. The van der Waals surface area contributed by atoms with E-state index in [-0.39, 0.29) is 6.04 Å². The standard InChI is InChI=1S/C18H29NO/c1-13-6-8-15(9-7-13)17(20)14(2)19-11-10-16(12-19)18(3,4)5/h6-9,14,16-17,20H,10-12H2,1-5H3. The van der Waals surface area contributed by atoms with Crippen LogP contribution in [-0.4, -0.2) is 29.1 Å². The smallest absolute Gasteiger partial charge is 0.0942 e. The van der Waals surface area contributed by atoms with E-state index in [0.29, 0.717) is 5.41 Å². The summed E-state index contributed by atoms with van der Waals surface area (Å²) in [5.41, 5.74) is 2.63. The third-order valence-electron chi connectivity index (χ3n) is 4.90. The highest BCUT2D eigenvalue weighted by Gasteiger charge is 2.35. The molecule has 1 aromatic rings. The number of likely N-dealkylation sites (tertiary alicyclic amines) is 1. The minimum atomic E-state index is -0.394. The number of aryl methyl sites for hydroxylation is 1. The molecule has 20 heavy (non-hydrogen) atoms. The third kappa shape index (κ3) is 3.42. The van der Waals surface area contributed by atoms with Gasteiger partial charge in [-0.1, -0.05) is 50.6 Å². The van der Waals surface area contributed by atoms with E-state index >= 15 is 0 Å². The zero-order chi connectivity index (χ0) is 14.9.